The summed E-state index contributed by atoms with van der Waals surface area (Å²) in [6.45, 7) is 6.15. The zero-order chi connectivity index (χ0) is 23.0. The highest BCUT2D eigenvalue weighted by molar-refractivity contribution is 7.99. The standard InChI is InChI=1S/C15H13ClFNO2.C7H14N2OS/c1-9-5-6-13(10(7-9)8-14(19)20)18-15-11(16)3-2-4-12(15)17;1-7(11-8-10)3-5-9(2)6-4-7/h2-7,18H,8H2,1H3,(H,19,20);3-6H2,1-2H3. The van der Waals surface area contributed by atoms with Crippen LogP contribution in [0.3, 0.4) is 0 Å². The van der Waals surface area contributed by atoms with Crippen LogP contribution in [0.25, 0.3) is 0 Å². The van der Waals surface area contributed by atoms with Crippen molar-refractivity contribution < 1.29 is 14.3 Å². The van der Waals surface area contributed by atoms with Crippen LogP contribution in [0.15, 0.2) is 41.0 Å². The number of carboxylic acids is 1. The number of hydrogen-bond donors (Lipinski definition) is 2. The van der Waals surface area contributed by atoms with E-state index in [4.69, 9.17) is 16.7 Å². The van der Waals surface area contributed by atoms with Gasteiger partial charge in [0.15, 0.2) is 0 Å². The van der Waals surface area contributed by atoms with Crippen LogP contribution in [0.1, 0.15) is 30.9 Å². The number of benzene rings is 2. The van der Waals surface area contributed by atoms with Crippen molar-refractivity contribution in [3.63, 3.8) is 0 Å². The van der Waals surface area contributed by atoms with Gasteiger partial charge in [0.05, 0.1) is 17.1 Å². The SMILES string of the molecule is CN1CCC(C)(SN=O)CC1.Cc1ccc(Nc2c(F)cccc2Cl)c(CC(=O)O)c1. The first kappa shape index (κ1) is 25.1. The number of piperidine rings is 1. The van der Waals surface area contributed by atoms with Crippen molar-refractivity contribution in [3.8, 4) is 0 Å². The van der Waals surface area contributed by atoms with Gasteiger partial charge in [-0.15, -0.1) is 4.91 Å². The Morgan fingerprint density at radius 1 is 1.32 bits per heavy atom. The molecule has 6 nitrogen and oxygen atoms in total. The zero-order valence-corrected chi connectivity index (χ0v) is 19.4. The van der Waals surface area contributed by atoms with Crippen LogP contribution in [0.4, 0.5) is 15.8 Å². The molecule has 0 bridgehead atoms. The first-order valence-corrected chi connectivity index (χ1v) is 11.0. The number of rotatable bonds is 6. The van der Waals surface area contributed by atoms with E-state index in [1.165, 1.54) is 24.1 Å². The summed E-state index contributed by atoms with van der Waals surface area (Å²) in [5.74, 6) is -1.43. The summed E-state index contributed by atoms with van der Waals surface area (Å²) in [7, 11) is 2.11. The largest absolute Gasteiger partial charge is 0.481 e. The Bertz CT molecular complexity index is 901. The van der Waals surface area contributed by atoms with Gasteiger partial charge in [-0.2, -0.15) is 0 Å². The quantitative estimate of drug-likeness (QED) is 0.398. The molecule has 2 N–H and O–H groups in total. The second-order valence-corrected chi connectivity index (χ2v) is 9.60. The topological polar surface area (TPSA) is 82.0 Å². The zero-order valence-electron chi connectivity index (χ0n) is 17.8. The molecule has 1 aliphatic rings. The first-order valence-electron chi connectivity index (χ1n) is 9.85. The molecule has 0 aromatic heterocycles. The third kappa shape index (κ3) is 7.79. The number of anilines is 2. The number of likely N-dealkylation sites (tertiary alicyclic amines) is 1. The number of nitroso groups, excluding NO2 is 1. The number of hydrogen-bond acceptors (Lipinski definition) is 6. The van der Waals surface area contributed by atoms with E-state index in [-0.39, 0.29) is 21.9 Å². The van der Waals surface area contributed by atoms with Gasteiger partial charge < -0.3 is 15.3 Å². The Hall–Kier alpha value is -2.16. The van der Waals surface area contributed by atoms with Crippen molar-refractivity contribution in [2.45, 2.75) is 37.9 Å². The van der Waals surface area contributed by atoms with E-state index in [0.717, 1.165) is 31.5 Å². The summed E-state index contributed by atoms with van der Waals surface area (Å²) in [6.07, 6.45) is 2.00. The average Bonchev–Trinajstić information content (AvgIpc) is 2.69. The Morgan fingerprint density at radius 2 is 2.00 bits per heavy atom. The van der Waals surface area contributed by atoms with Crippen molar-refractivity contribution in [1.29, 1.82) is 0 Å². The summed E-state index contributed by atoms with van der Waals surface area (Å²) in [5, 5.41) is 12.0. The fourth-order valence-corrected chi connectivity index (χ4v) is 3.93. The molecule has 9 heteroatoms. The molecular weight excluding hydrogens is 441 g/mol. The van der Waals surface area contributed by atoms with Gasteiger partial charge in [0.1, 0.15) is 5.82 Å². The van der Waals surface area contributed by atoms with Crippen LogP contribution in [-0.2, 0) is 11.2 Å². The van der Waals surface area contributed by atoms with Gasteiger partial charge in [-0.3, -0.25) is 4.79 Å². The molecule has 2 aromatic carbocycles. The van der Waals surface area contributed by atoms with E-state index in [2.05, 4.69) is 28.8 Å². The Morgan fingerprint density at radius 3 is 2.58 bits per heavy atom. The Kier molecular flexibility index (Phi) is 9.28. The van der Waals surface area contributed by atoms with Crippen molar-refractivity contribution in [3.05, 3.63) is 63.3 Å². The lowest BCUT2D eigenvalue weighted by Gasteiger charge is -2.34. The summed E-state index contributed by atoms with van der Waals surface area (Å²) < 4.78 is 16.8. The van der Waals surface area contributed by atoms with Gasteiger partial charge in [0.25, 0.3) is 0 Å². The monoisotopic (exact) mass is 467 g/mol. The normalized spacial score (nSPS) is 15.5. The number of aliphatic carboxylic acids is 1. The molecule has 0 amide bonds. The predicted molar refractivity (Wildman–Crippen MR) is 126 cm³/mol. The molecule has 0 unspecified atom stereocenters. The molecule has 1 aliphatic heterocycles. The molecule has 0 spiro atoms. The van der Waals surface area contributed by atoms with Gasteiger partial charge in [-0.05, 0) is 70.6 Å². The number of nitrogens with zero attached hydrogens (tertiary/aromatic N) is 2. The van der Waals surface area contributed by atoms with Crippen molar-refractivity contribution in [2.24, 2.45) is 4.58 Å². The number of halogens is 2. The van der Waals surface area contributed by atoms with Crippen LogP contribution in [0.2, 0.25) is 5.02 Å². The number of aryl methyl sites for hydroxylation is 1. The molecule has 1 fully saturated rings. The molecule has 1 heterocycles. The summed E-state index contributed by atoms with van der Waals surface area (Å²) in [5.41, 5.74) is 2.19. The summed E-state index contributed by atoms with van der Waals surface area (Å²) in [6, 6.07) is 9.66. The molecule has 0 atom stereocenters. The van der Waals surface area contributed by atoms with Gasteiger partial charge in [0, 0.05) is 27.0 Å². The lowest BCUT2D eigenvalue weighted by Crippen LogP contribution is -2.38. The van der Waals surface area contributed by atoms with E-state index in [1.54, 1.807) is 18.2 Å². The molecular formula is C22H27ClFN3O3S. The van der Waals surface area contributed by atoms with Gasteiger partial charge in [0.2, 0.25) is 0 Å². The number of nitrogens with one attached hydrogen (secondary N) is 1. The van der Waals surface area contributed by atoms with Gasteiger partial charge >= 0.3 is 5.97 Å². The predicted octanol–water partition coefficient (Wildman–Crippen LogP) is 6.04. The van der Waals surface area contributed by atoms with Crippen LogP contribution in [0.5, 0.6) is 0 Å². The second kappa shape index (κ2) is 11.5. The van der Waals surface area contributed by atoms with E-state index in [9.17, 15) is 14.1 Å². The van der Waals surface area contributed by atoms with Crippen molar-refractivity contribution in [1.82, 2.24) is 4.90 Å². The molecule has 31 heavy (non-hydrogen) atoms. The number of para-hydroxylation sites is 1. The van der Waals surface area contributed by atoms with Crippen LogP contribution >= 0.6 is 23.5 Å². The molecule has 2 aromatic rings. The maximum atomic E-state index is 13.7. The van der Waals surface area contributed by atoms with Crippen LogP contribution in [0, 0.1) is 17.6 Å². The van der Waals surface area contributed by atoms with Crippen molar-refractivity contribution >= 4 is 40.9 Å². The van der Waals surface area contributed by atoms with Crippen LogP contribution in [-0.4, -0.2) is 40.9 Å². The average molecular weight is 468 g/mol. The van der Waals surface area contributed by atoms with E-state index < -0.39 is 11.8 Å². The molecule has 168 valence electrons. The lowest BCUT2D eigenvalue weighted by atomic mass is 9.98. The Labute approximate surface area is 191 Å². The fourth-order valence-electron chi connectivity index (χ4n) is 3.18. The fraction of sp³-hybridized carbons (Fsp3) is 0.409. The second-order valence-electron chi connectivity index (χ2n) is 7.87. The summed E-state index contributed by atoms with van der Waals surface area (Å²) in [4.78, 5) is 23.2. The maximum Gasteiger partial charge on any atom is 0.307 e. The smallest absolute Gasteiger partial charge is 0.307 e. The van der Waals surface area contributed by atoms with E-state index >= 15 is 0 Å². The summed E-state index contributed by atoms with van der Waals surface area (Å²) >= 11 is 7.15. The number of carbonyl (C=O) groups is 1. The molecule has 0 aliphatic carbocycles. The van der Waals surface area contributed by atoms with E-state index in [1.807, 2.05) is 13.0 Å². The first-order chi connectivity index (χ1) is 14.6. The molecule has 0 saturated carbocycles. The third-order valence-electron chi connectivity index (χ3n) is 5.13. The highest BCUT2D eigenvalue weighted by atomic mass is 35.5. The minimum absolute atomic E-state index is 0.105. The highest BCUT2D eigenvalue weighted by Gasteiger charge is 2.30. The van der Waals surface area contributed by atoms with Gasteiger partial charge in [-0.25, -0.2) is 4.39 Å². The lowest BCUT2D eigenvalue weighted by molar-refractivity contribution is -0.136. The van der Waals surface area contributed by atoms with Crippen molar-refractivity contribution in [2.75, 3.05) is 25.5 Å². The minimum Gasteiger partial charge on any atom is -0.481 e. The molecule has 1 saturated heterocycles. The number of carboxylic acid groups (broad SMARTS) is 1. The molecule has 3 rings (SSSR count). The minimum atomic E-state index is -0.946. The maximum absolute atomic E-state index is 13.7. The highest BCUT2D eigenvalue weighted by Crippen LogP contribution is 2.35. The third-order valence-corrected chi connectivity index (χ3v) is 6.37. The van der Waals surface area contributed by atoms with Crippen LogP contribution < -0.4 is 5.32 Å². The molecule has 0 radical (unpaired) electrons. The van der Waals surface area contributed by atoms with E-state index in [0.29, 0.717) is 11.3 Å². The Balaban J connectivity index is 0.000000262. The van der Waals surface area contributed by atoms with Gasteiger partial charge in [-0.1, -0.05) is 35.4 Å².